The molecule has 244 valence electrons. The number of phenolic OH excluding ortho intramolecular Hbond substituents is 1. The van der Waals surface area contributed by atoms with Crippen molar-refractivity contribution >= 4 is 17.3 Å². The van der Waals surface area contributed by atoms with Crippen LogP contribution in [0.2, 0.25) is 0 Å². The second-order valence-corrected chi connectivity index (χ2v) is 15.4. The van der Waals surface area contributed by atoms with E-state index in [1.165, 1.54) is 18.1 Å². The van der Waals surface area contributed by atoms with E-state index >= 15 is 0 Å². The van der Waals surface area contributed by atoms with Crippen LogP contribution in [-0.2, 0) is 20.7 Å². The van der Waals surface area contributed by atoms with E-state index in [2.05, 4.69) is 13.8 Å². The average molecular weight is 627 g/mol. The summed E-state index contributed by atoms with van der Waals surface area (Å²) in [5, 5.41) is 20.9. The third-order valence-corrected chi connectivity index (χ3v) is 12.4. The Morgan fingerprint density at radius 3 is 2.39 bits per heavy atom. The number of ketones is 3. The maximum Gasteiger partial charge on any atom is 0.206 e. The number of rotatable bonds is 4. The normalized spacial score (nSPS) is 36.5. The van der Waals surface area contributed by atoms with Gasteiger partial charge in [-0.05, 0) is 126 Å². The predicted octanol–water partition coefficient (Wildman–Crippen LogP) is 8.00. The van der Waals surface area contributed by atoms with E-state index in [9.17, 15) is 24.6 Å². The summed E-state index contributed by atoms with van der Waals surface area (Å²) in [6, 6.07) is 6.99. The van der Waals surface area contributed by atoms with Crippen LogP contribution in [0.3, 0.4) is 0 Å². The van der Waals surface area contributed by atoms with Crippen molar-refractivity contribution in [2.45, 2.75) is 98.7 Å². The van der Waals surface area contributed by atoms with Gasteiger partial charge in [-0.1, -0.05) is 31.6 Å². The molecule has 7 rings (SSSR count). The summed E-state index contributed by atoms with van der Waals surface area (Å²) < 4.78 is 11.9. The first-order valence-electron chi connectivity index (χ1n) is 16.4. The number of allylic oxidation sites excluding steroid dienone is 6. The second kappa shape index (κ2) is 10.4. The number of furan rings is 1. The van der Waals surface area contributed by atoms with Crippen LogP contribution in [0, 0.1) is 27.6 Å². The summed E-state index contributed by atoms with van der Waals surface area (Å²) in [5.74, 6) is -0.0425. The molecule has 0 bridgehead atoms. The van der Waals surface area contributed by atoms with Crippen LogP contribution < -0.4 is 0 Å². The Bertz CT molecular complexity index is 1720. The minimum absolute atomic E-state index is 0.00527. The number of aromatic hydroxyl groups is 1. The molecule has 2 aromatic rings. The number of hydrogen-bond acceptors (Lipinski definition) is 7. The Hall–Kier alpha value is -3.71. The summed E-state index contributed by atoms with van der Waals surface area (Å²) in [5.41, 5.74) is 1.24. The fourth-order valence-corrected chi connectivity index (χ4v) is 10.1. The highest BCUT2D eigenvalue weighted by Gasteiger charge is 2.87. The third kappa shape index (κ3) is 4.16. The van der Waals surface area contributed by atoms with E-state index in [4.69, 9.17) is 9.15 Å². The van der Waals surface area contributed by atoms with Gasteiger partial charge in [0, 0.05) is 16.4 Å². The molecule has 2 N–H and O–H groups in total. The number of fused-ring (bicyclic) bond motifs is 3. The molecule has 0 radical (unpaired) electrons. The molecule has 7 atom stereocenters. The van der Waals surface area contributed by atoms with Crippen LogP contribution in [0.1, 0.15) is 102 Å². The molecular formula is C39H46O7. The zero-order chi connectivity index (χ0) is 33.6. The van der Waals surface area contributed by atoms with Gasteiger partial charge in [-0.15, -0.1) is 0 Å². The van der Waals surface area contributed by atoms with E-state index in [0.717, 1.165) is 24.8 Å². The zero-order valence-electron chi connectivity index (χ0n) is 28.2. The number of ether oxygens (including phenoxy) is 1. The molecule has 1 saturated heterocycles. The fraction of sp³-hybridized carbons (Fsp3) is 0.513. The van der Waals surface area contributed by atoms with Gasteiger partial charge >= 0.3 is 0 Å². The standard InChI is InChI=1S/C26H30O5.C13H16O2/c1-22(2)17(27)7-9-23(3)16-6-10-24(4)15(14-8-11-30-13-14)12-18-26(24,31-18)25(16,5)21(29)19(28)20(22)23;1-9(2)4-5-12-8-11(10(3)14)6-7-13(12)15/h7-9,11,13,15-16,18,28H,6,10,12H2,1-5H3;4,6-8,15H,5H2,1-3H3. The van der Waals surface area contributed by atoms with E-state index in [1.54, 1.807) is 30.5 Å². The summed E-state index contributed by atoms with van der Waals surface area (Å²) in [6.45, 7) is 15.6. The molecule has 1 aromatic heterocycles. The molecule has 5 aliphatic rings. The van der Waals surface area contributed by atoms with Gasteiger partial charge in [0.2, 0.25) is 5.78 Å². The van der Waals surface area contributed by atoms with Gasteiger partial charge in [0.05, 0.1) is 29.5 Å². The number of carbonyl (C=O) groups is 3. The minimum atomic E-state index is -0.901. The Morgan fingerprint density at radius 1 is 1.04 bits per heavy atom. The maximum absolute atomic E-state index is 14.0. The van der Waals surface area contributed by atoms with E-state index in [1.807, 2.05) is 59.1 Å². The van der Waals surface area contributed by atoms with E-state index < -0.39 is 21.8 Å². The van der Waals surface area contributed by atoms with Crippen LogP contribution in [0.25, 0.3) is 0 Å². The van der Waals surface area contributed by atoms with Crippen molar-refractivity contribution in [1.82, 2.24) is 0 Å². The number of Topliss-reactive ketones (excluding diaryl/α,β-unsaturated/α-hetero) is 2. The molecule has 1 aromatic carbocycles. The lowest BCUT2D eigenvalue weighted by molar-refractivity contribution is -0.162. The summed E-state index contributed by atoms with van der Waals surface area (Å²) in [4.78, 5) is 37.9. The van der Waals surface area contributed by atoms with Crippen LogP contribution in [0.15, 0.2) is 76.3 Å². The number of hydrogen-bond donors (Lipinski definition) is 2. The first-order valence-corrected chi connectivity index (χ1v) is 16.4. The summed E-state index contributed by atoms with van der Waals surface area (Å²) >= 11 is 0. The largest absolute Gasteiger partial charge is 0.508 e. The van der Waals surface area contributed by atoms with Gasteiger partial charge in [0.1, 0.15) is 11.4 Å². The Morgan fingerprint density at radius 2 is 1.76 bits per heavy atom. The van der Waals surface area contributed by atoms with Gasteiger partial charge < -0.3 is 19.4 Å². The van der Waals surface area contributed by atoms with Crippen LogP contribution in [0.5, 0.6) is 5.75 Å². The third-order valence-electron chi connectivity index (χ3n) is 12.4. The molecule has 0 amide bonds. The molecule has 46 heavy (non-hydrogen) atoms. The highest BCUT2D eigenvalue weighted by atomic mass is 16.6. The topological polar surface area (TPSA) is 117 Å². The van der Waals surface area contributed by atoms with Crippen molar-refractivity contribution in [3.8, 4) is 5.75 Å². The SMILES string of the molecule is CC(=O)c1ccc(O)c(CC=C(C)C)c1.CC1(C)C(=O)C=CC2(C)C1=C(O)C(=O)C1(C)C2CCC2(C)C(c3ccoc3)CC3OC321. The van der Waals surface area contributed by atoms with Crippen molar-refractivity contribution in [2.75, 3.05) is 0 Å². The smallest absolute Gasteiger partial charge is 0.206 e. The van der Waals surface area contributed by atoms with Crippen molar-refractivity contribution in [2.24, 2.45) is 27.6 Å². The van der Waals surface area contributed by atoms with Crippen LogP contribution in [-0.4, -0.2) is 39.3 Å². The van der Waals surface area contributed by atoms with Crippen molar-refractivity contribution in [3.05, 3.63) is 88.6 Å². The first-order chi connectivity index (χ1) is 21.5. The van der Waals surface area contributed by atoms with Crippen molar-refractivity contribution in [1.29, 1.82) is 0 Å². The highest BCUT2D eigenvalue weighted by molar-refractivity contribution is 6.06. The summed E-state index contributed by atoms with van der Waals surface area (Å²) in [6.07, 6.45) is 12.4. The molecule has 7 heteroatoms. The van der Waals surface area contributed by atoms with Crippen molar-refractivity contribution in [3.63, 3.8) is 0 Å². The van der Waals surface area contributed by atoms with Gasteiger partial charge in [-0.25, -0.2) is 0 Å². The summed E-state index contributed by atoms with van der Waals surface area (Å²) in [7, 11) is 0. The molecule has 3 fully saturated rings. The Balaban J connectivity index is 0.000000210. The lowest BCUT2D eigenvalue weighted by Crippen LogP contribution is -2.66. The van der Waals surface area contributed by atoms with Gasteiger partial charge in [0.25, 0.3) is 0 Å². The molecule has 4 aliphatic carbocycles. The van der Waals surface area contributed by atoms with Crippen LogP contribution in [0.4, 0.5) is 0 Å². The Labute approximate surface area is 271 Å². The molecule has 7 unspecified atom stereocenters. The maximum atomic E-state index is 14.0. The number of epoxide rings is 1. The highest BCUT2D eigenvalue weighted by Crippen LogP contribution is 2.81. The lowest BCUT2D eigenvalue weighted by Gasteiger charge is -2.62. The number of aliphatic hydroxyl groups excluding tert-OH is 1. The average Bonchev–Trinajstić information content (AvgIpc) is 3.34. The molecule has 7 nitrogen and oxygen atoms in total. The van der Waals surface area contributed by atoms with E-state index in [-0.39, 0.29) is 52.2 Å². The molecule has 1 aliphatic heterocycles. The zero-order valence-corrected chi connectivity index (χ0v) is 28.2. The number of carbonyl (C=O) groups excluding carboxylic acids is 3. The molecule has 2 heterocycles. The first kappa shape index (κ1) is 32.2. The molecule has 1 spiro atoms. The quantitative estimate of drug-likeness (QED) is 0.201. The monoisotopic (exact) mass is 626 g/mol. The van der Waals surface area contributed by atoms with Crippen LogP contribution >= 0.6 is 0 Å². The number of phenols is 1. The molecule has 2 saturated carbocycles. The second-order valence-electron chi connectivity index (χ2n) is 15.4. The predicted molar refractivity (Wildman–Crippen MR) is 175 cm³/mol. The van der Waals surface area contributed by atoms with Crippen molar-refractivity contribution < 1.29 is 33.8 Å². The number of benzene rings is 1. The fourth-order valence-electron chi connectivity index (χ4n) is 10.1. The minimum Gasteiger partial charge on any atom is -0.508 e. The Kier molecular flexibility index (Phi) is 7.29. The van der Waals surface area contributed by atoms with Gasteiger partial charge in [0.15, 0.2) is 17.3 Å². The van der Waals surface area contributed by atoms with Gasteiger partial charge in [-0.3, -0.25) is 14.4 Å². The van der Waals surface area contributed by atoms with E-state index in [0.29, 0.717) is 17.6 Å². The van der Waals surface area contributed by atoms with Gasteiger partial charge in [-0.2, -0.15) is 0 Å². The number of aliphatic hydroxyl groups is 1. The lowest BCUT2D eigenvalue weighted by atomic mass is 9.39. The molecular weight excluding hydrogens is 580 g/mol.